The van der Waals surface area contributed by atoms with Crippen LogP contribution in [0.5, 0.6) is 5.75 Å². The van der Waals surface area contributed by atoms with E-state index in [0.717, 1.165) is 0 Å². The molecule has 5 nitrogen and oxygen atoms in total. The van der Waals surface area contributed by atoms with Crippen molar-refractivity contribution < 1.29 is 13.2 Å². The summed E-state index contributed by atoms with van der Waals surface area (Å²) in [5.74, 6) is 0.539. The van der Waals surface area contributed by atoms with Crippen molar-refractivity contribution in [2.75, 3.05) is 17.6 Å². The largest absolute Gasteiger partial charge is 0.497 e. The van der Waals surface area contributed by atoms with Gasteiger partial charge in [0.25, 0.3) is 10.0 Å². The maximum Gasteiger partial charge on any atom is 0.261 e. The number of nitrogen functional groups attached to an aromatic ring is 1. The average Bonchev–Trinajstić information content (AvgIpc) is 2.40. The topological polar surface area (TPSA) is 81.4 Å². The van der Waals surface area contributed by atoms with Crippen LogP contribution in [0.1, 0.15) is 0 Å². The zero-order valence-corrected chi connectivity index (χ0v) is 14.9. The van der Waals surface area contributed by atoms with Crippen LogP contribution in [0.3, 0.4) is 0 Å². The molecule has 0 aliphatic carbocycles. The number of nitrogens with one attached hydrogen (secondary N) is 1. The molecule has 0 bridgehead atoms. The van der Waals surface area contributed by atoms with Crippen molar-refractivity contribution in [2.45, 2.75) is 4.90 Å². The molecule has 112 valence electrons. The summed E-state index contributed by atoms with van der Waals surface area (Å²) in [6, 6.07) is 9.41. The predicted octanol–water partition coefficient (Wildman–Crippen LogP) is 3.60. The van der Waals surface area contributed by atoms with Crippen molar-refractivity contribution >= 4 is 53.3 Å². The molecule has 0 spiro atoms. The summed E-state index contributed by atoms with van der Waals surface area (Å²) in [5.41, 5.74) is 6.46. The molecular formula is C13H12Br2N2O3S. The Morgan fingerprint density at radius 1 is 1.14 bits per heavy atom. The number of sulfonamides is 1. The lowest BCUT2D eigenvalue weighted by Crippen LogP contribution is -2.13. The Balaban J connectivity index is 2.37. The van der Waals surface area contributed by atoms with Crippen LogP contribution in [-0.4, -0.2) is 15.5 Å². The van der Waals surface area contributed by atoms with Gasteiger partial charge in [-0.25, -0.2) is 8.42 Å². The van der Waals surface area contributed by atoms with Gasteiger partial charge in [0, 0.05) is 20.7 Å². The number of anilines is 2. The van der Waals surface area contributed by atoms with Gasteiger partial charge in [0.1, 0.15) is 5.75 Å². The fourth-order valence-electron chi connectivity index (χ4n) is 1.64. The van der Waals surface area contributed by atoms with Crippen LogP contribution in [-0.2, 0) is 10.0 Å². The molecule has 0 amide bonds. The second-order valence-corrected chi connectivity index (χ2v) is 7.62. The molecule has 3 N–H and O–H groups in total. The molecule has 0 aromatic heterocycles. The van der Waals surface area contributed by atoms with Crippen molar-refractivity contribution in [3.05, 3.63) is 45.3 Å². The molecule has 0 atom stereocenters. The first-order chi connectivity index (χ1) is 9.81. The Morgan fingerprint density at radius 2 is 1.86 bits per heavy atom. The maximum absolute atomic E-state index is 12.3. The molecule has 0 aliphatic rings. The normalized spacial score (nSPS) is 11.2. The maximum atomic E-state index is 12.3. The molecule has 0 saturated heterocycles. The molecule has 21 heavy (non-hydrogen) atoms. The third-order valence-corrected chi connectivity index (χ3v) is 5.20. The summed E-state index contributed by atoms with van der Waals surface area (Å²) < 4.78 is 33.6. The highest BCUT2D eigenvalue weighted by molar-refractivity contribution is 9.10. The Bertz CT molecular complexity index is 779. The lowest BCUT2D eigenvalue weighted by molar-refractivity contribution is 0.415. The van der Waals surface area contributed by atoms with Crippen molar-refractivity contribution in [1.82, 2.24) is 0 Å². The average molecular weight is 436 g/mol. The summed E-state index contributed by atoms with van der Waals surface area (Å²) in [7, 11) is -2.21. The van der Waals surface area contributed by atoms with Crippen LogP contribution in [0.15, 0.2) is 50.2 Å². The van der Waals surface area contributed by atoms with E-state index < -0.39 is 10.0 Å². The van der Waals surface area contributed by atoms with Gasteiger partial charge < -0.3 is 10.5 Å². The van der Waals surface area contributed by atoms with Gasteiger partial charge in [0.05, 0.1) is 17.7 Å². The Labute approximate surface area is 139 Å². The van der Waals surface area contributed by atoms with Crippen LogP contribution in [0, 0.1) is 0 Å². The molecular weight excluding hydrogens is 424 g/mol. The number of benzene rings is 2. The van der Waals surface area contributed by atoms with Gasteiger partial charge >= 0.3 is 0 Å². The summed E-state index contributed by atoms with van der Waals surface area (Å²) >= 11 is 6.53. The standard InChI is InChI=1S/C13H12Br2N2O3S/c1-20-10-5-8(14)4-9(6-10)17-21(18,19)11-2-3-12(15)13(16)7-11/h2-7,17H,16H2,1H3. The smallest absolute Gasteiger partial charge is 0.261 e. The number of hydrogen-bond donors (Lipinski definition) is 2. The van der Waals surface area contributed by atoms with Crippen LogP contribution < -0.4 is 15.2 Å². The van der Waals surface area contributed by atoms with Crippen molar-refractivity contribution in [2.24, 2.45) is 0 Å². The minimum atomic E-state index is -3.72. The molecule has 8 heteroatoms. The summed E-state index contributed by atoms with van der Waals surface area (Å²) in [6.07, 6.45) is 0. The Hall–Kier alpha value is -1.25. The molecule has 0 unspecified atom stereocenters. The van der Waals surface area contributed by atoms with Gasteiger partial charge in [-0.15, -0.1) is 0 Å². The quantitative estimate of drug-likeness (QED) is 0.718. The zero-order valence-electron chi connectivity index (χ0n) is 10.9. The van der Waals surface area contributed by atoms with Gasteiger partial charge in [-0.05, 0) is 46.3 Å². The van der Waals surface area contributed by atoms with Gasteiger partial charge in [-0.2, -0.15) is 0 Å². The molecule has 2 rings (SSSR count). The van der Waals surface area contributed by atoms with Crippen molar-refractivity contribution in [1.29, 1.82) is 0 Å². The first-order valence-electron chi connectivity index (χ1n) is 5.74. The van der Waals surface area contributed by atoms with E-state index in [1.165, 1.54) is 19.2 Å². The highest BCUT2D eigenvalue weighted by Crippen LogP contribution is 2.28. The summed E-state index contributed by atoms with van der Waals surface area (Å²) in [4.78, 5) is 0.0853. The van der Waals surface area contributed by atoms with E-state index in [-0.39, 0.29) is 4.90 Å². The number of hydrogen-bond acceptors (Lipinski definition) is 4. The minimum absolute atomic E-state index is 0.0853. The number of nitrogens with two attached hydrogens (primary N) is 1. The second-order valence-electron chi connectivity index (χ2n) is 4.17. The molecule has 0 heterocycles. The molecule has 2 aromatic carbocycles. The van der Waals surface area contributed by atoms with E-state index >= 15 is 0 Å². The van der Waals surface area contributed by atoms with Crippen LogP contribution >= 0.6 is 31.9 Å². The fraction of sp³-hybridized carbons (Fsp3) is 0.0769. The SMILES string of the molecule is COc1cc(Br)cc(NS(=O)(=O)c2ccc(Br)c(N)c2)c1. The van der Waals surface area contributed by atoms with E-state index in [9.17, 15) is 8.42 Å². The fourth-order valence-corrected chi connectivity index (χ4v) is 3.44. The first-order valence-corrected chi connectivity index (χ1v) is 8.81. The van der Waals surface area contributed by atoms with Gasteiger partial charge in [-0.1, -0.05) is 15.9 Å². The predicted molar refractivity (Wildman–Crippen MR) is 90.1 cm³/mol. The van der Waals surface area contributed by atoms with Gasteiger partial charge in [0.2, 0.25) is 0 Å². The van der Waals surface area contributed by atoms with E-state index in [2.05, 4.69) is 36.6 Å². The lowest BCUT2D eigenvalue weighted by atomic mass is 10.3. The van der Waals surface area contributed by atoms with Crippen LogP contribution in [0.2, 0.25) is 0 Å². The molecule has 0 aliphatic heterocycles. The van der Waals surface area contributed by atoms with Gasteiger partial charge in [0.15, 0.2) is 0 Å². The Morgan fingerprint density at radius 3 is 2.48 bits per heavy atom. The Kier molecular flexibility index (Phi) is 4.80. The van der Waals surface area contributed by atoms with E-state index in [1.807, 2.05) is 0 Å². The third kappa shape index (κ3) is 3.90. The molecule has 2 aromatic rings. The summed E-state index contributed by atoms with van der Waals surface area (Å²) in [5, 5.41) is 0. The second kappa shape index (κ2) is 6.25. The number of methoxy groups -OCH3 is 1. The zero-order chi connectivity index (χ0) is 15.6. The molecule has 0 radical (unpaired) electrons. The van der Waals surface area contributed by atoms with Crippen molar-refractivity contribution in [3.8, 4) is 5.75 Å². The van der Waals surface area contributed by atoms with Crippen LogP contribution in [0.25, 0.3) is 0 Å². The third-order valence-electron chi connectivity index (χ3n) is 2.64. The van der Waals surface area contributed by atoms with Gasteiger partial charge in [-0.3, -0.25) is 4.72 Å². The first kappa shape index (κ1) is 16.1. The van der Waals surface area contributed by atoms with E-state index in [4.69, 9.17) is 10.5 Å². The van der Waals surface area contributed by atoms with E-state index in [0.29, 0.717) is 26.1 Å². The monoisotopic (exact) mass is 434 g/mol. The molecule has 0 fully saturated rings. The minimum Gasteiger partial charge on any atom is -0.497 e. The number of ether oxygens (including phenoxy) is 1. The highest BCUT2D eigenvalue weighted by Gasteiger charge is 2.16. The lowest BCUT2D eigenvalue weighted by Gasteiger charge is -2.11. The summed E-state index contributed by atoms with van der Waals surface area (Å²) in [6.45, 7) is 0. The highest BCUT2D eigenvalue weighted by atomic mass is 79.9. The molecule has 0 saturated carbocycles. The number of halogens is 2. The van der Waals surface area contributed by atoms with E-state index in [1.54, 1.807) is 24.3 Å². The van der Waals surface area contributed by atoms with Crippen LogP contribution in [0.4, 0.5) is 11.4 Å². The number of rotatable bonds is 4. The van der Waals surface area contributed by atoms with Crippen molar-refractivity contribution in [3.63, 3.8) is 0 Å².